The molecule has 0 aromatic carbocycles. The van der Waals surface area contributed by atoms with Crippen molar-refractivity contribution in [3.63, 3.8) is 0 Å². The molecule has 0 aromatic rings. The number of β-amino-alcohol motifs (C(OH)–C–C–N with tert-alkyl or cyclic N) is 1. The first kappa shape index (κ1) is 53.6. The van der Waals surface area contributed by atoms with Crippen LogP contribution in [0, 0.1) is 31.1 Å². The average Bonchev–Trinajstić information content (AvgIpc) is 4.00. The summed E-state index contributed by atoms with van der Waals surface area (Å²) >= 11 is 0. The monoisotopic (exact) mass is 708 g/mol. The Morgan fingerprint density at radius 1 is 0.957 bits per heavy atom. The zero-order chi connectivity index (χ0) is 38.6. The lowest BCUT2D eigenvalue weighted by molar-refractivity contribution is -0.142. The number of sulfonamides is 1. The van der Waals surface area contributed by atoms with Gasteiger partial charge < -0.3 is 25.2 Å². The minimum Gasteiger partial charge on any atom is -0.432 e. The Balaban J connectivity index is -0.000000232. The second-order valence-corrected chi connectivity index (χ2v) is 13.1. The van der Waals surface area contributed by atoms with E-state index in [-0.39, 0.29) is 51.3 Å². The van der Waals surface area contributed by atoms with E-state index in [0.717, 1.165) is 12.8 Å². The van der Waals surface area contributed by atoms with Crippen LogP contribution >= 0.6 is 8.81 Å². The number of carbonyl (C=O) groups excluding carboxylic acids is 4. The van der Waals surface area contributed by atoms with Crippen molar-refractivity contribution in [3.8, 4) is 25.7 Å². The topological polar surface area (TPSA) is 171 Å². The van der Waals surface area contributed by atoms with Crippen LogP contribution in [0.4, 0.5) is 4.79 Å². The van der Waals surface area contributed by atoms with Gasteiger partial charge in [0.15, 0.2) is 0 Å². The van der Waals surface area contributed by atoms with E-state index in [1.54, 1.807) is 18.3 Å². The van der Waals surface area contributed by atoms with Crippen molar-refractivity contribution >= 4 is 43.1 Å². The fraction of sp³-hybridized carbons (Fsp3) is 0.758. The van der Waals surface area contributed by atoms with Gasteiger partial charge in [-0.15, -0.1) is 25.7 Å². The quantitative estimate of drug-likeness (QED) is 0.158. The van der Waals surface area contributed by atoms with Gasteiger partial charge in [0.1, 0.15) is 12.1 Å². The van der Waals surface area contributed by atoms with E-state index >= 15 is 0 Å². The fourth-order valence-corrected chi connectivity index (χ4v) is 4.98. The Labute approximate surface area is 288 Å². The Morgan fingerprint density at radius 3 is 1.74 bits per heavy atom. The zero-order valence-corrected chi connectivity index (χ0v) is 32.9. The number of nitrogens with one attached hydrogen (secondary N) is 3. The molecule has 4 atom stereocenters. The van der Waals surface area contributed by atoms with E-state index in [1.807, 2.05) is 76.2 Å². The van der Waals surface area contributed by atoms with Crippen molar-refractivity contribution in [2.24, 2.45) is 5.41 Å². The third-order valence-electron chi connectivity index (χ3n) is 5.78. The number of carbonyl (C=O) groups is 4. The van der Waals surface area contributed by atoms with Gasteiger partial charge in [-0.1, -0.05) is 76.2 Å². The summed E-state index contributed by atoms with van der Waals surface area (Å²) in [6, 6.07) is -1.44. The summed E-state index contributed by atoms with van der Waals surface area (Å²) in [5.41, 5.74) is -1.73. The highest BCUT2D eigenvalue weighted by atomic mass is 32.2. The lowest BCUT2D eigenvalue weighted by atomic mass is 9.85. The van der Waals surface area contributed by atoms with Gasteiger partial charge in [0.2, 0.25) is 28.2 Å². The van der Waals surface area contributed by atoms with Crippen molar-refractivity contribution in [1.29, 1.82) is 0 Å². The highest BCUT2D eigenvalue weighted by Crippen LogP contribution is 2.31. The van der Waals surface area contributed by atoms with E-state index < -0.39 is 39.2 Å². The van der Waals surface area contributed by atoms with E-state index in [9.17, 15) is 32.7 Å². The summed E-state index contributed by atoms with van der Waals surface area (Å²) in [5, 5.41) is 15.7. The van der Waals surface area contributed by atoms with Crippen LogP contribution in [-0.2, 0) is 28.9 Å². The Kier molecular flexibility index (Phi) is 33.4. The highest BCUT2D eigenvalue weighted by molar-refractivity contribution is 7.90. The summed E-state index contributed by atoms with van der Waals surface area (Å²) in [7, 11) is -3.29. The van der Waals surface area contributed by atoms with Gasteiger partial charge in [0.05, 0.1) is 26.2 Å². The molecule has 1 saturated heterocycles. The summed E-state index contributed by atoms with van der Waals surface area (Å²) in [6.07, 6.45) is 19.0. The molecule has 276 valence electrons. The second kappa shape index (κ2) is 29.3. The van der Waals surface area contributed by atoms with Gasteiger partial charge in [0, 0.05) is 12.5 Å². The highest BCUT2D eigenvalue weighted by Gasteiger charge is 2.49. The zero-order valence-electron chi connectivity index (χ0n) is 31.1. The predicted octanol–water partition coefficient (Wildman–Crippen LogP) is 4.81. The van der Waals surface area contributed by atoms with Gasteiger partial charge in [-0.3, -0.25) is 19.1 Å². The van der Waals surface area contributed by atoms with Gasteiger partial charge >= 0.3 is 6.09 Å². The van der Waals surface area contributed by atoms with E-state index in [4.69, 9.17) is 4.52 Å². The largest absolute Gasteiger partial charge is 0.432 e. The van der Waals surface area contributed by atoms with Gasteiger partial charge in [-0.25, -0.2) is 13.2 Å². The number of hydrogen-bond donors (Lipinski definition) is 4. The minimum atomic E-state index is -3.26. The molecule has 3 aliphatic rings. The number of rotatable bonds is 8. The molecule has 1 aliphatic heterocycles. The first-order chi connectivity index (χ1) is 22.1. The normalized spacial score (nSPS) is 19.4. The van der Waals surface area contributed by atoms with Crippen molar-refractivity contribution in [2.45, 2.75) is 144 Å². The lowest BCUT2D eigenvalue weighted by Crippen LogP contribution is -2.57. The summed E-state index contributed by atoms with van der Waals surface area (Å²) in [5.74, 6) is -0.633. The standard InChI is InChI=1S/C17H30N3O5P.C4H7NO3S.4C2H6.2C2H2/c1-16(2,3)12(19-15(23)25-26-5)14(22)20-9-17(4,24)8-11(20)13(21)18-10-6-7-10;6-3-5-9(7,8)4-1-2-4;6*1-2/h10-12,24,26H,6-9H2,1-5H3,(H,18,21)(H,19,23);3-4H,1-2H2,(H,5,6);4*1-2H3;2*1-2H/t11-,12?,17-;;;;;;;/m0......./s1. The lowest BCUT2D eigenvalue weighted by Gasteiger charge is -2.35. The summed E-state index contributed by atoms with van der Waals surface area (Å²) in [4.78, 5) is 48.7. The smallest absolute Gasteiger partial charge is 0.410 e. The summed E-state index contributed by atoms with van der Waals surface area (Å²) in [6.45, 7) is 24.9. The van der Waals surface area contributed by atoms with Gasteiger partial charge in [0.25, 0.3) is 0 Å². The number of hydrogen-bond acceptors (Lipinski definition) is 8. The molecule has 47 heavy (non-hydrogen) atoms. The fourth-order valence-electron chi connectivity index (χ4n) is 3.66. The molecule has 4 amide bonds. The van der Waals surface area contributed by atoms with E-state index in [2.05, 4.69) is 36.3 Å². The van der Waals surface area contributed by atoms with Crippen LogP contribution in [0.5, 0.6) is 0 Å². The molecule has 0 spiro atoms. The molecule has 2 saturated carbocycles. The number of amides is 4. The Morgan fingerprint density at radius 2 is 1.40 bits per heavy atom. The predicted molar refractivity (Wildman–Crippen MR) is 195 cm³/mol. The number of nitrogens with zero attached hydrogens (tertiary/aromatic N) is 1. The maximum atomic E-state index is 13.2. The van der Waals surface area contributed by atoms with Crippen LogP contribution in [0.3, 0.4) is 0 Å². The Hall–Kier alpha value is -2.86. The van der Waals surface area contributed by atoms with Crippen LogP contribution in [-0.4, -0.2) is 84.9 Å². The number of likely N-dealkylation sites (tertiary alicyclic amines) is 1. The maximum Gasteiger partial charge on any atom is 0.410 e. The second-order valence-electron chi connectivity index (χ2n) is 10.5. The van der Waals surface area contributed by atoms with Crippen molar-refractivity contribution in [3.05, 3.63) is 0 Å². The molecule has 3 rings (SSSR count). The van der Waals surface area contributed by atoms with Crippen LogP contribution in [0.15, 0.2) is 0 Å². The molecule has 3 fully saturated rings. The third kappa shape index (κ3) is 23.2. The molecule has 0 bridgehead atoms. The number of aliphatic hydroxyl groups is 1. The molecule has 14 heteroatoms. The Bertz CT molecular complexity index is 997. The number of terminal acetylenes is 2. The van der Waals surface area contributed by atoms with Crippen molar-refractivity contribution in [1.82, 2.24) is 20.3 Å². The first-order valence-electron chi connectivity index (χ1n) is 16.2. The SMILES string of the molecule is C#C.C#C.CC.CC.CC.CC.CPOC(=O)NC(C(=O)N1C[C@@](C)(O)C[C@H]1C(=O)NC1CC1)C(C)(C)C.O=CNS(=O)(=O)C1CC1. The van der Waals surface area contributed by atoms with Crippen LogP contribution in [0.2, 0.25) is 0 Å². The van der Waals surface area contributed by atoms with Crippen molar-refractivity contribution in [2.75, 3.05) is 13.2 Å². The van der Waals surface area contributed by atoms with Gasteiger partial charge in [-0.05, 0) is 44.7 Å². The average molecular weight is 709 g/mol. The van der Waals surface area contributed by atoms with Crippen molar-refractivity contribution < 1.29 is 37.2 Å². The van der Waals surface area contributed by atoms with E-state index in [1.165, 1.54) is 4.90 Å². The summed E-state index contributed by atoms with van der Waals surface area (Å²) < 4.78 is 28.0. The molecule has 0 aromatic heterocycles. The molecule has 0 radical (unpaired) electrons. The minimum absolute atomic E-state index is 0.0332. The van der Waals surface area contributed by atoms with Gasteiger partial charge in [-0.2, -0.15) is 0 Å². The third-order valence-corrected chi connectivity index (χ3v) is 7.94. The molecule has 2 unspecified atom stereocenters. The first-order valence-corrected chi connectivity index (χ1v) is 19.2. The maximum absolute atomic E-state index is 13.2. The van der Waals surface area contributed by atoms with E-state index in [0.29, 0.717) is 12.8 Å². The molecule has 12 nitrogen and oxygen atoms in total. The van der Waals surface area contributed by atoms with Crippen LogP contribution in [0.1, 0.15) is 115 Å². The molecule has 4 N–H and O–H groups in total. The molecule has 1 heterocycles. The molecular formula is C33H65N4O8PS. The van der Waals surface area contributed by atoms with Crippen LogP contribution in [0.25, 0.3) is 0 Å². The molecule has 2 aliphatic carbocycles. The van der Waals surface area contributed by atoms with Crippen LogP contribution < -0.4 is 15.4 Å². The molecular weight excluding hydrogens is 643 g/mol.